The van der Waals surface area contributed by atoms with Crippen LogP contribution in [0.15, 0.2) is 0 Å². The first-order valence-electron chi connectivity index (χ1n) is 8.15. The molecule has 0 N–H and O–H groups in total. The van der Waals surface area contributed by atoms with Crippen molar-refractivity contribution in [1.82, 2.24) is 9.80 Å². The van der Waals surface area contributed by atoms with E-state index >= 15 is 0 Å². The molecule has 104 valence electrons. The summed E-state index contributed by atoms with van der Waals surface area (Å²) in [4.78, 5) is 5.61. The fourth-order valence-corrected chi connectivity index (χ4v) is 4.62. The minimum Gasteiger partial charge on any atom is -0.298 e. The summed E-state index contributed by atoms with van der Waals surface area (Å²) < 4.78 is 0. The van der Waals surface area contributed by atoms with E-state index in [1.807, 2.05) is 0 Å². The van der Waals surface area contributed by atoms with Crippen LogP contribution in [0.5, 0.6) is 0 Å². The number of hydrogen-bond donors (Lipinski definition) is 0. The maximum Gasteiger partial charge on any atom is 0.0223 e. The minimum atomic E-state index is 0.551. The van der Waals surface area contributed by atoms with Crippen molar-refractivity contribution in [3.63, 3.8) is 0 Å². The quantitative estimate of drug-likeness (QED) is 0.705. The van der Waals surface area contributed by atoms with Crippen LogP contribution in [0.25, 0.3) is 0 Å². The third kappa shape index (κ3) is 2.46. The van der Waals surface area contributed by atoms with Crippen molar-refractivity contribution in [2.75, 3.05) is 26.2 Å². The number of hydrogen-bond acceptors (Lipinski definition) is 2. The second kappa shape index (κ2) is 5.13. The lowest BCUT2D eigenvalue weighted by Gasteiger charge is -2.51. The monoisotopic (exact) mass is 250 g/mol. The Hall–Kier alpha value is -0.0800. The minimum absolute atomic E-state index is 0.551. The van der Waals surface area contributed by atoms with Crippen LogP contribution in [-0.2, 0) is 0 Å². The van der Waals surface area contributed by atoms with Crippen molar-refractivity contribution in [3.8, 4) is 0 Å². The summed E-state index contributed by atoms with van der Waals surface area (Å²) in [6.45, 7) is 10.4. The van der Waals surface area contributed by atoms with Gasteiger partial charge in [0, 0.05) is 31.7 Å². The molecule has 0 aromatic carbocycles. The second-order valence-corrected chi connectivity index (χ2v) is 7.43. The van der Waals surface area contributed by atoms with Crippen molar-refractivity contribution in [1.29, 1.82) is 0 Å². The molecule has 2 unspecified atom stereocenters. The summed E-state index contributed by atoms with van der Waals surface area (Å²) in [6, 6.07) is 1.74. The van der Waals surface area contributed by atoms with E-state index in [-0.39, 0.29) is 0 Å². The van der Waals surface area contributed by atoms with Gasteiger partial charge in [0.15, 0.2) is 0 Å². The fourth-order valence-electron chi connectivity index (χ4n) is 4.62. The van der Waals surface area contributed by atoms with E-state index in [9.17, 15) is 0 Å². The smallest absolute Gasteiger partial charge is 0.0223 e. The lowest BCUT2D eigenvalue weighted by Crippen LogP contribution is -2.60. The summed E-state index contributed by atoms with van der Waals surface area (Å²) in [5.74, 6) is 0. The average Bonchev–Trinajstić information content (AvgIpc) is 2.38. The van der Waals surface area contributed by atoms with E-state index in [2.05, 4.69) is 23.6 Å². The van der Waals surface area contributed by atoms with Gasteiger partial charge in [-0.05, 0) is 37.6 Å². The molecule has 1 saturated carbocycles. The Morgan fingerprint density at radius 1 is 0.833 bits per heavy atom. The molecule has 2 atom stereocenters. The Bertz CT molecular complexity index is 287. The number of rotatable bonds is 1. The first-order valence-corrected chi connectivity index (χ1v) is 8.15. The first-order chi connectivity index (χ1) is 8.67. The van der Waals surface area contributed by atoms with Gasteiger partial charge in [-0.3, -0.25) is 9.80 Å². The van der Waals surface area contributed by atoms with Gasteiger partial charge in [-0.2, -0.15) is 0 Å². The highest BCUT2D eigenvalue weighted by Gasteiger charge is 2.39. The van der Waals surface area contributed by atoms with E-state index in [1.54, 1.807) is 0 Å². The van der Waals surface area contributed by atoms with E-state index in [0.717, 1.165) is 12.1 Å². The van der Waals surface area contributed by atoms with Gasteiger partial charge in [-0.1, -0.05) is 33.1 Å². The fraction of sp³-hybridized carbons (Fsp3) is 1.00. The highest BCUT2D eigenvalue weighted by atomic mass is 15.3. The van der Waals surface area contributed by atoms with E-state index in [4.69, 9.17) is 0 Å². The number of fused-ring (bicyclic) bond motifs is 1. The van der Waals surface area contributed by atoms with E-state index < -0.39 is 0 Å². The molecule has 2 aliphatic heterocycles. The zero-order valence-corrected chi connectivity index (χ0v) is 12.3. The molecular formula is C16H30N2. The molecule has 2 saturated heterocycles. The van der Waals surface area contributed by atoms with Crippen LogP contribution >= 0.6 is 0 Å². The zero-order valence-electron chi connectivity index (χ0n) is 12.3. The Labute approximate surface area is 113 Å². The summed E-state index contributed by atoms with van der Waals surface area (Å²) in [5, 5.41) is 0. The van der Waals surface area contributed by atoms with Crippen LogP contribution < -0.4 is 0 Å². The summed E-state index contributed by atoms with van der Waals surface area (Å²) in [5.41, 5.74) is 0.551. The van der Waals surface area contributed by atoms with Gasteiger partial charge >= 0.3 is 0 Å². The average molecular weight is 250 g/mol. The van der Waals surface area contributed by atoms with Gasteiger partial charge in [0.25, 0.3) is 0 Å². The molecule has 3 rings (SSSR count). The van der Waals surface area contributed by atoms with Crippen LogP contribution in [0, 0.1) is 5.41 Å². The number of nitrogens with zero attached hydrogens (tertiary/aromatic N) is 2. The normalized spacial score (nSPS) is 38.3. The van der Waals surface area contributed by atoms with Crippen molar-refractivity contribution in [3.05, 3.63) is 0 Å². The summed E-state index contributed by atoms with van der Waals surface area (Å²) >= 11 is 0. The third-order valence-corrected chi connectivity index (χ3v) is 5.76. The SMILES string of the molecule is CC1(C)CCCCC1N1CCN2CCCCC2C1. The molecule has 2 heteroatoms. The van der Waals surface area contributed by atoms with Gasteiger partial charge in [-0.25, -0.2) is 0 Å². The largest absolute Gasteiger partial charge is 0.298 e. The van der Waals surface area contributed by atoms with Crippen molar-refractivity contribution >= 4 is 0 Å². The Kier molecular flexibility index (Phi) is 3.68. The van der Waals surface area contributed by atoms with Crippen LogP contribution in [0.4, 0.5) is 0 Å². The molecule has 2 nitrogen and oxygen atoms in total. The van der Waals surface area contributed by atoms with Gasteiger partial charge in [0.05, 0.1) is 0 Å². The molecule has 18 heavy (non-hydrogen) atoms. The molecule has 2 heterocycles. The number of piperazine rings is 1. The van der Waals surface area contributed by atoms with Crippen LogP contribution in [0.1, 0.15) is 58.8 Å². The van der Waals surface area contributed by atoms with Crippen molar-refractivity contribution < 1.29 is 0 Å². The molecule has 0 amide bonds. The summed E-state index contributed by atoms with van der Waals surface area (Å²) in [7, 11) is 0. The van der Waals surface area contributed by atoms with E-state index in [0.29, 0.717) is 5.41 Å². The molecule has 0 bridgehead atoms. The maximum absolute atomic E-state index is 2.85. The highest BCUT2D eigenvalue weighted by molar-refractivity contribution is 4.94. The molecule has 3 fully saturated rings. The lowest BCUT2D eigenvalue weighted by molar-refractivity contribution is -0.0214. The van der Waals surface area contributed by atoms with Gasteiger partial charge in [-0.15, -0.1) is 0 Å². The van der Waals surface area contributed by atoms with Crippen molar-refractivity contribution in [2.24, 2.45) is 5.41 Å². The van der Waals surface area contributed by atoms with Crippen LogP contribution in [0.2, 0.25) is 0 Å². The maximum atomic E-state index is 2.85. The Morgan fingerprint density at radius 2 is 1.61 bits per heavy atom. The molecule has 0 radical (unpaired) electrons. The molecule has 0 aromatic heterocycles. The Balaban J connectivity index is 1.66. The third-order valence-electron chi connectivity index (χ3n) is 5.76. The van der Waals surface area contributed by atoms with E-state index in [1.165, 1.54) is 71.1 Å². The van der Waals surface area contributed by atoms with Gasteiger partial charge in [0.1, 0.15) is 0 Å². The zero-order chi connectivity index (χ0) is 12.6. The highest BCUT2D eigenvalue weighted by Crippen LogP contribution is 2.39. The lowest BCUT2D eigenvalue weighted by atomic mass is 9.72. The molecule has 0 spiro atoms. The number of piperidine rings is 1. The van der Waals surface area contributed by atoms with Gasteiger partial charge in [0.2, 0.25) is 0 Å². The predicted octanol–water partition coefficient (Wildman–Crippen LogP) is 3.13. The van der Waals surface area contributed by atoms with Crippen LogP contribution in [0.3, 0.4) is 0 Å². The molecule has 1 aliphatic carbocycles. The summed E-state index contributed by atoms with van der Waals surface area (Å²) in [6.07, 6.45) is 10.1. The second-order valence-electron chi connectivity index (χ2n) is 7.43. The standard InChI is InChI=1S/C16H30N2/c1-16(2)9-5-3-8-15(16)18-12-11-17-10-6-4-7-14(17)13-18/h14-15H,3-13H2,1-2H3. The van der Waals surface area contributed by atoms with Crippen molar-refractivity contribution in [2.45, 2.75) is 70.9 Å². The van der Waals surface area contributed by atoms with Gasteiger partial charge < -0.3 is 0 Å². The predicted molar refractivity (Wildman–Crippen MR) is 76.8 cm³/mol. The Morgan fingerprint density at radius 3 is 2.44 bits per heavy atom. The van der Waals surface area contributed by atoms with Crippen LogP contribution in [-0.4, -0.2) is 48.1 Å². The topological polar surface area (TPSA) is 6.48 Å². The molecule has 0 aromatic rings. The molecule has 3 aliphatic rings. The molecular weight excluding hydrogens is 220 g/mol. The first kappa shape index (κ1) is 12.9.